The molecule has 146 valence electrons. The van der Waals surface area contributed by atoms with Crippen molar-refractivity contribution in [3.05, 3.63) is 64.8 Å². The molecule has 0 unspecified atom stereocenters. The van der Waals surface area contributed by atoms with Crippen LogP contribution >= 0.6 is 23.8 Å². The number of benzene rings is 2. The molecule has 0 atom stereocenters. The Hall–Kier alpha value is -2.62. The second kappa shape index (κ2) is 8.17. The van der Waals surface area contributed by atoms with Gasteiger partial charge in [0, 0.05) is 11.3 Å². The third-order valence-electron chi connectivity index (χ3n) is 3.93. The summed E-state index contributed by atoms with van der Waals surface area (Å²) in [5.74, 6) is 0.102. The molecule has 0 saturated heterocycles. The smallest absolute Gasteiger partial charge is 0.264 e. The van der Waals surface area contributed by atoms with Crippen molar-refractivity contribution in [3.63, 3.8) is 0 Å². The lowest BCUT2D eigenvalue weighted by atomic mass is 10.3. The van der Waals surface area contributed by atoms with Crippen molar-refractivity contribution >= 4 is 56.2 Å². The number of nitrogens with zero attached hydrogens (tertiary/aromatic N) is 1. The number of aryl methyl sites for hydroxylation is 1. The third-order valence-corrected chi connectivity index (χ3v) is 5.81. The van der Waals surface area contributed by atoms with Crippen molar-refractivity contribution in [2.24, 2.45) is 0 Å². The molecule has 0 aliphatic rings. The summed E-state index contributed by atoms with van der Waals surface area (Å²) in [5, 5.41) is 10.6. The number of aromatic nitrogens is 1. The lowest BCUT2D eigenvalue weighted by Crippen LogP contribution is -2.19. The minimum Gasteiger partial charge on any atom is -0.337 e. The van der Waals surface area contributed by atoms with E-state index in [0.717, 1.165) is 0 Å². The monoisotopic (exact) mass is 436 g/mol. The second-order valence-corrected chi connectivity index (χ2v) is 8.41. The van der Waals surface area contributed by atoms with Gasteiger partial charge in [-0.2, -0.15) is 0 Å². The molecule has 0 aliphatic carbocycles. The summed E-state index contributed by atoms with van der Waals surface area (Å²) < 4.78 is 32.4. The van der Waals surface area contributed by atoms with Gasteiger partial charge in [0.05, 0.1) is 21.3 Å². The fourth-order valence-electron chi connectivity index (χ4n) is 2.26. The minimum atomic E-state index is -3.80. The van der Waals surface area contributed by atoms with E-state index in [4.69, 9.17) is 28.3 Å². The number of thiocarbonyl (C=S) groups is 1. The number of nitrogens with one attached hydrogen (secondary N) is 3. The molecular weight excluding hydrogens is 420 g/mol. The molecular formula is C18H17ClN4O3S2. The summed E-state index contributed by atoms with van der Waals surface area (Å²) in [5.41, 5.74) is 2.55. The first-order valence-corrected chi connectivity index (χ1v) is 10.4. The van der Waals surface area contributed by atoms with Crippen molar-refractivity contribution in [2.45, 2.75) is 18.7 Å². The van der Waals surface area contributed by atoms with Crippen molar-refractivity contribution in [3.8, 4) is 0 Å². The van der Waals surface area contributed by atoms with Crippen LogP contribution in [0.1, 0.15) is 11.3 Å². The Morgan fingerprint density at radius 2 is 1.75 bits per heavy atom. The van der Waals surface area contributed by atoms with Crippen LogP contribution < -0.4 is 15.4 Å². The average Bonchev–Trinajstić information content (AvgIpc) is 2.96. The molecule has 0 bridgehead atoms. The summed E-state index contributed by atoms with van der Waals surface area (Å²) in [6.45, 7) is 3.46. The van der Waals surface area contributed by atoms with Crippen LogP contribution in [0.4, 0.5) is 17.3 Å². The van der Waals surface area contributed by atoms with Gasteiger partial charge >= 0.3 is 0 Å². The van der Waals surface area contributed by atoms with E-state index in [1.54, 1.807) is 38.1 Å². The summed E-state index contributed by atoms with van der Waals surface area (Å²) >= 11 is 11.3. The SMILES string of the molecule is Cc1noc(NS(=O)(=O)c2ccc(NC(=S)Nc3ccccc3Cl)cc2)c1C. The Kier molecular flexibility index (Phi) is 5.87. The van der Waals surface area contributed by atoms with Crippen LogP contribution in [0.25, 0.3) is 0 Å². The van der Waals surface area contributed by atoms with Crippen LogP contribution in [0.2, 0.25) is 5.02 Å². The normalized spacial score (nSPS) is 11.1. The zero-order valence-electron chi connectivity index (χ0n) is 15.0. The second-order valence-electron chi connectivity index (χ2n) is 5.91. The number of rotatable bonds is 5. The van der Waals surface area contributed by atoms with E-state index >= 15 is 0 Å². The Labute approximate surface area is 173 Å². The highest BCUT2D eigenvalue weighted by atomic mass is 35.5. The standard InChI is InChI=1S/C18H17ClN4O3S2/c1-11-12(2)22-26-17(11)23-28(24,25)14-9-7-13(8-10-14)20-18(27)21-16-6-4-3-5-15(16)19/h3-10,23H,1-2H3,(H2,20,21,27). The lowest BCUT2D eigenvalue weighted by molar-refractivity contribution is 0.430. The molecule has 3 aromatic rings. The molecule has 1 heterocycles. The third kappa shape index (κ3) is 4.61. The fraction of sp³-hybridized carbons (Fsp3) is 0.111. The first kappa shape index (κ1) is 20.1. The predicted molar refractivity (Wildman–Crippen MR) is 115 cm³/mol. The zero-order chi connectivity index (χ0) is 20.3. The number of halogens is 1. The number of para-hydroxylation sites is 1. The highest BCUT2D eigenvalue weighted by molar-refractivity contribution is 7.92. The maximum Gasteiger partial charge on any atom is 0.264 e. The van der Waals surface area contributed by atoms with Gasteiger partial charge in [-0.25, -0.2) is 13.1 Å². The molecule has 0 amide bonds. The fourth-order valence-corrected chi connectivity index (χ4v) is 3.71. The minimum absolute atomic E-state index is 0.0801. The Morgan fingerprint density at radius 1 is 1.07 bits per heavy atom. The zero-order valence-corrected chi connectivity index (χ0v) is 17.4. The van der Waals surface area contributed by atoms with Gasteiger partial charge < -0.3 is 15.2 Å². The summed E-state index contributed by atoms with van der Waals surface area (Å²) in [6, 6.07) is 13.3. The van der Waals surface area contributed by atoms with Crippen LogP contribution in [-0.4, -0.2) is 18.7 Å². The molecule has 0 saturated carbocycles. The van der Waals surface area contributed by atoms with Crippen LogP contribution in [0.5, 0.6) is 0 Å². The van der Waals surface area contributed by atoms with Gasteiger partial charge in [0.1, 0.15) is 0 Å². The first-order valence-electron chi connectivity index (χ1n) is 8.14. The summed E-state index contributed by atoms with van der Waals surface area (Å²) in [7, 11) is -3.80. The molecule has 1 aromatic heterocycles. The molecule has 10 heteroatoms. The van der Waals surface area contributed by atoms with Crippen LogP contribution in [0, 0.1) is 13.8 Å². The molecule has 0 radical (unpaired) electrons. The molecule has 0 aliphatic heterocycles. The Balaban J connectivity index is 1.68. The van der Waals surface area contributed by atoms with Crippen LogP contribution in [-0.2, 0) is 10.0 Å². The average molecular weight is 437 g/mol. The van der Waals surface area contributed by atoms with E-state index in [-0.39, 0.29) is 10.8 Å². The van der Waals surface area contributed by atoms with Crippen molar-refractivity contribution in [1.82, 2.24) is 5.16 Å². The van der Waals surface area contributed by atoms with Gasteiger partial charge in [-0.15, -0.1) is 0 Å². The molecule has 3 rings (SSSR count). The van der Waals surface area contributed by atoms with E-state index in [2.05, 4.69) is 20.5 Å². The van der Waals surface area contributed by atoms with Gasteiger partial charge in [-0.05, 0) is 62.5 Å². The summed E-state index contributed by atoms with van der Waals surface area (Å²) in [4.78, 5) is 0.0801. The number of hydrogen-bond acceptors (Lipinski definition) is 5. The molecule has 0 fully saturated rings. The molecule has 28 heavy (non-hydrogen) atoms. The highest BCUT2D eigenvalue weighted by Gasteiger charge is 2.19. The maximum absolute atomic E-state index is 12.5. The maximum atomic E-state index is 12.5. The largest absolute Gasteiger partial charge is 0.337 e. The van der Waals surface area contributed by atoms with E-state index in [1.165, 1.54) is 12.1 Å². The van der Waals surface area contributed by atoms with Gasteiger partial charge in [-0.3, -0.25) is 0 Å². The van der Waals surface area contributed by atoms with E-state index in [0.29, 0.717) is 32.8 Å². The number of hydrogen-bond donors (Lipinski definition) is 3. The number of sulfonamides is 1. The quantitative estimate of drug-likeness (QED) is 0.504. The molecule has 0 spiro atoms. The molecule has 2 aromatic carbocycles. The van der Waals surface area contributed by atoms with E-state index in [9.17, 15) is 8.42 Å². The topological polar surface area (TPSA) is 96.3 Å². The lowest BCUT2D eigenvalue weighted by Gasteiger charge is -2.12. The van der Waals surface area contributed by atoms with E-state index in [1.807, 2.05) is 12.1 Å². The van der Waals surface area contributed by atoms with Gasteiger partial charge in [0.2, 0.25) is 5.88 Å². The molecule has 7 nitrogen and oxygen atoms in total. The predicted octanol–water partition coefficient (Wildman–Crippen LogP) is 4.55. The van der Waals surface area contributed by atoms with Crippen molar-refractivity contribution in [2.75, 3.05) is 15.4 Å². The Morgan fingerprint density at radius 3 is 2.36 bits per heavy atom. The van der Waals surface area contributed by atoms with E-state index < -0.39 is 10.0 Å². The first-order chi connectivity index (χ1) is 13.3. The van der Waals surface area contributed by atoms with Gasteiger partial charge in [0.15, 0.2) is 5.11 Å². The number of anilines is 3. The van der Waals surface area contributed by atoms with Gasteiger partial charge in [-0.1, -0.05) is 28.9 Å². The van der Waals surface area contributed by atoms with Crippen LogP contribution in [0.15, 0.2) is 57.9 Å². The molecule has 3 N–H and O–H groups in total. The van der Waals surface area contributed by atoms with Crippen LogP contribution in [0.3, 0.4) is 0 Å². The Bertz CT molecular complexity index is 1110. The van der Waals surface area contributed by atoms with Crippen molar-refractivity contribution < 1.29 is 12.9 Å². The van der Waals surface area contributed by atoms with Gasteiger partial charge in [0.25, 0.3) is 10.0 Å². The summed E-state index contributed by atoms with van der Waals surface area (Å²) in [6.07, 6.45) is 0. The van der Waals surface area contributed by atoms with Crippen molar-refractivity contribution in [1.29, 1.82) is 0 Å². The highest BCUT2D eigenvalue weighted by Crippen LogP contribution is 2.23.